The molecule has 2 rings (SSSR count). The number of nitrogens with one attached hydrogen (secondary N) is 2. The molecule has 1 aromatic carbocycles. The van der Waals surface area contributed by atoms with E-state index in [0.717, 1.165) is 0 Å². The molecule has 1 amide bonds. The van der Waals surface area contributed by atoms with E-state index in [1.54, 1.807) is 0 Å². The van der Waals surface area contributed by atoms with Gasteiger partial charge in [-0.25, -0.2) is 4.39 Å². The SMILES string of the molecule is Cl.O=C(NCC1CNCC1O)c1ccc(F)cc1I. The summed E-state index contributed by atoms with van der Waals surface area (Å²) in [5.41, 5.74) is 0.456. The van der Waals surface area contributed by atoms with Gasteiger partial charge in [-0.15, -0.1) is 12.4 Å². The second kappa shape index (κ2) is 7.37. The van der Waals surface area contributed by atoms with E-state index < -0.39 is 6.10 Å². The Morgan fingerprint density at radius 2 is 2.26 bits per heavy atom. The van der Waals surface area contributed by atoms with Crippen LogP contribution in [0.25, 0.3) is 0 Å². The van der Waals surface area contributed by atoms with Gasteiger partial charge in [-0.2, -0.15) is 0 Å². The van der Waals surface area contributed by atoms with Gasteiger partial charge in [0.15, 0.2) is 0 Å². The van der Waals surface area contributed by atoms with Crippen LogP contribution in [0.2, 0.25) is 0 Å². The molecule has 1 heterocycles. The molecule has 0 spiro atoms. The summed E-state index contributed by atoms with van der Waals surface area (Å²) in [6.07, 6.45) is -0.419. The lowest BCUT2D eigenvalue weighted by Crippen LogP contribution is -2.34. The van der Waals surface area contributed by atoms with Crippen molar-refractivity contribution in [3.05, 3.63) is 33.1 Å². The first kappa shape index (κ1) is 16.6. The van der Waals surface area contributed by atoms with E-state index in [0.29, 0.717) is 28.8 Å². The molecule has 19 heavy (non-hydrogen) atoms. The number of hydrogen-bond donors (Lipinski definition) is 3. The maximum atomic E-state index is 12.9. The minimum absolute atomic E-state index is 0. The zero-order valence-corrected chi connectivity index (χ0v) is 13.0. The van der Waals surface area contributed by atoms with E-state index in [9.17, 15) is 14.3 Å². The van der Waals surface area contributed by atoms with E-state index >= 15 is 0 Å². The largest absolute Gasteiger partial charge is 0.391 e. The van der Waals surface area contributed by atoms with Crippen molar-refractivity contribution >= 4 is 40.9 Å². The number of halogens is 3. The second-order valence-corrected chi connectivity index (χ2v) is 5.48. The quantitative estimate of drug-likeness (QED) is 0.668. The molecule has 1 saturated heterocycles. The number of aliphatic hydroxyl groups excluding tert-OH is 1. The fraction of sp³-hybridized carbons (Fsp3) is 0.417. The zero-order chi connectivity index (χ0) is 13.1. The number of rotatable bonds is 3. The molecular weight excluding hydrogens is 385 g/mol. The summed E-state index contributed by atoms with van der Waals surface area (Å²) < 4.78 is 13.5. The predicted molar refractivity (Wildman–Crippen MR) is 81.1 cm³/mol. The van der Waals surface area contributed by atoms with Gasteiger partial charge in [-0.1, -0.05) is 0 Å². The average molecular weight is 401 g/mol. The Hall–Kier alpha value is -0.440. The average Bonchev–Trinajstić information content (AvgIpc) is 2.72. The van der Waals surface area contributed by atoms with Crippen molar-refractivity contribution in [3.63, 3.8) is 0 Å². The standard InChI is InChI=1S/C12H14FIN2O2.ClH/c13-8-1-2-9(10(14)3-8)12(18)16-5-7-4-15-6-11(7)17;/h1-3,7,11,15,17H,4-6H2,(H,16,18);1H. The molecule has 106 valence electrons. The van der Waals surface area contributed by atoms with Crippen molar-refractivity contribution in [2.75, 3.05) is 19.6 Å². The molecule has 0 aliphatic carbocycles. The molecule has 0 saturated carbocycles. The summed E-state index contributed by atoms with van der Waals surface area (Å²) in [6.45, 7) is 1.68. The number of benzene rings is 1. The van der Waals surface area contributed by atoms with Crippen LogP contribution in [-0.2, 0) is 0 Å². The maximum Gasteiger partial charge on any atom is 0.252 e. The van der Waals surface area contributed by atoms with Gasteiger partial charge in [-0.3, -0.25) is 4.79 Å². The number of carbonyl (C=O) groups excluding carboxylic acids is 1. The summed E-state index contributed by atoms with van der Waals surface area (Å²) in [5, 5.41) is 15.4. The summed E-state index contributed by atoms with van der Waals surface area (Å²) in [5.74, 6) is -0.558. The monoisotopic (exact) mass is 400 g/mol. The van der Waals surface area contributed by atoms with Crippen molar-refractivity contribution in [2.24, 2.45) is 5.92 Å². The van der Waals surface area contributed by atoms with Crippen molar-refractivity contribution in [2.45, 2.75) is 6.10 Å². The molecule has 2 unspecified atom stereocenters. The maximum absolute atomic E-state index is 12.9. The third-order valence-corrected chi connectivity index (χ3v) is 3.90. The van der Waals surface area contributed by atoms with Crippen LogP contribution in [-0.4, -0.2) is 36.8 Å². The summed E-state index contributed by atoms with van der Waals surface area (Å²) in [4.78, 5) is 11.9. The second-order valence-electron chi connectivity index (χ2n) is 4.32. The van der Waals surface area contributed by atoms with Crippen LogP contribution in [0.1, 0.15) is 10.4 Å². The van der Waals surface area contributed by atoms with Crippen LogP contribution in [0.5, 0.6) is 0 Å². The highest BCUT2D eigenvalue weighted by Gasteiger charge is 2.25. The van der Waals surface area contributed by atoms with Crippen LogP contribution in [0.15, 0.2) is 18.2 Å². The highest BCUT2D eigenvalue weighted by molar-refractivity contribution is 14.1. The van der Waals surface area contributed by atoms with Gasteiger partial charge >= 0.3 is 0 Å². The van der Waals surface area contributed by atoms with E-state index in [2.05, 4.69) is 10.6 Å². The number of amides is 1. The Labute approximate surface area is 130 Å². The lowest BCUT2D eigenvalue weighted by atomic mass is 10.1. The zero-order valence-electron chi connectivity index (χ0n) is 10.0. The molecule has 4 nitrogen and oxygen atoms in total. The smallest absolute Gasteiger partial charge is 0.252 e. The number of carbonyl (C=O) groups is 1. The predicted octanol–water partition coefficient (Wildman–Crippen LogP) is 1.16. The third-order valence-electron chi connectivity index (χ3n) is 3.00. The lowest BCUT2D eigenvalue weighted by molar-refractivity contribution is 0.0926. The minimum Gasteiger partial charge on any atom is -0.391 e. The van der Waals surface area contributed by atoms with Gasteiger partial charge in [0.25, 0.3) is 5.91 Å². The molecule has 1 aliphatic heterocycles. The lowest BCUT2D eigenvalue weighted by Gasteiger charge is -2.14. The molecule has 7 heteroatoms. The molecule has 3 N–H and O–H groups in total. The topological polar surface area (TPSA) is 61.4 Å². The highest BCUT2D eigenvalue weighted by Crippen LogP contribution is 2.14. The van der Waals surface area contributed by atoms with Gasteiger partial charge in [0.1, 0.15) is 5.82 Å². The number of aliphatic hydroxyl groups is 1. The van der Waals surface area contributed by atoms with E-state index in [-0.39, 0.29) is 30.0 Å². The number of β-amino-alcohol motifs (C(OH)–C–C–N with tert-alkyl or cyclic N) is 1. The highest BCUT2D eigenvalue weighted by atomic mass is 127. The first-order valence-electron chi connectivity index (χ1n) is 5.70. The molecule has 1 fully saturated rings. The van der Waals surface area contributed by atoms with E-state index in [1.165, 1.54) is 18.2 Å². The van der Waals surface area contributed by atoms with Gasteiger partial charge in [0, 0.05) is 29.1 Å². The third kappa shape index (κ3) is 4.27. The first-order valence-corrected chi connectivity index (χ1v) is 6.78. The fourth-order valence-corrected chi connectivity index (χ4v) is 2.64. The van der Waals surface area contributed by atoms with Crippen LogP contribution >= 0.6 is 35.0 Å². The Morgan fingerprint density at radius 1 is 1.53 bits per heavy atom. The molecule has 1 aliphatic rings. The molecule has 2 atom stereocenters. The van der Waals surface area contributed by atoms with Gasteiger partial charge in [0.2, 0.25) is 0 Å². The molecule has 1 aromatic rings. The Morgan fingerprint density at radius 3 is 2.84 bits per heavy atom. The van der Waals surface area contributed by atoms with Crippen LogP contribution in [0.3, 0.4) is 0 Å². The Kier molecular flexibility index (Phi) is 6.45. The first-order chi connectivity index (χ1) is 8.58. The summed E-state index contributed by atoms with van der Waals surface area (Å²) in [6, 6.07) is 4.06. The van der Waals surface area contributed by atoms with Gasteiger partial charge < -0.3 is 15.7 Å². The van der Waals surface area contributed by atoms with E-state index in [4.69, 9.17) is 0 Å². The molecule has 0 bridgehead atoms. The Bertz CT molecular complexity index is 461. The van der Waals surface area contributed by atoms with Crippen LogP contribution in [0, 0.1) is 15.3 Å². The molecule has 0 radical (unpaired) electrons. The van der Waals surface area contributed by atoms with Crippen molar-refractivity contribution in [1.29, 1.82) is 0 Å². The minimum atomic E-state index is -0.419. The molecular formula is C12H15ClFIN2O2. The van der Waals surface area contributed by atoms with Crippen molar-refractivity contribution < 1.29 is 14.3 Å². The van der Waals surface area contributed by atoms with E-state index in [1.807, 2.05) is 22.6 Å². The Balaban J connectivity index is 0.00000180. The number of hydrogen-bond acceptors (Lipinski definition) is 3. The fourth-order valence-electron chi connectivity index (χ4n) is 1.92. The van der Waals surface area contributed by atoms with Crippen molar-refractivity contribution in [3.8, 4) is 0 Å². The van der Waals surface area contributed by atoms with Gasteiger partial charge in [0.05, 0.1) is 11.7 Å². The van der Waals surface area contributed by atoms with Gasteiger partial charge in [-0.05, 0) is 40.8 Å². The normalized spacial score (nSPS) is 21.8. The van der Waals surface area contributed by atoms with Crippen LogP contribution < -0.4 is 10.6 Å². The van der Waals surface area contributed by atoms with Crippen molar-refractivity contribution in [1.82, 2.24) is 10.6 Å². The summed E-state index contributed by atoms with van der Waals surface area (Å²) in [7, 11) is 0. The van der Waals surface area contributed by atoms with Crippen LogP contribution in [0.4, 0.5) is 4.39 Å². The summed E-state index contributed by atoms with van der Waals surface area (Å²) >= 11 is 1.93. The molecule has 0 aromatic heterocycles.